The minimum Gasteiger partial charge on any atom is -0.494 e. The van der Waals surface area contributed by atoms with Gasteiger partial charge in [-0.05, 0) is 45.0 Å². The highest BCUT2D eigenvalue weighted by atomic mass is 16.5. The molecule has 2 rings (SSSR count). The molecule has 1 aliphatic rings. The smallest absolute Gasteiger partial charge is 0.292 e. The first-order valence-corrected chi connectivity index (χ1v) is 7.56. The summed E-state index contributed by atoms with van der Waals surface area (Å²) in [6.07, 6.45) is 0.295. The molecule has 2 amide bonds. The van der Waals surface area contributed by atoms with Gasteiger partial charge in [0.05, 0.1) is 31.8 Å². The first-order valence-electron chi connectivity index (χ1n) is 7.56. The summed E-state index contributed by atoms with van der Waals surface area (Å²) in [5.41, 5.74) is 0.627. The van der Waals surface area contributed by atoms with Crippen LogP contribution in [0.4, 0.5) is 5.69 Å². The fraction of sp³-hybridized carbons (Fsp3) is 0.500. The van der Waals surface area contributed by atoms with E-state index in [2.05, 4.69) is 0 Å². The molecule has 0 radical (unpaired) electrons. The van der Waals surface area contributed by atoms with Gasteiger partial charge < -0.3 is 9.64 Å². The van der Waals surface area contributed by atoms with E-state index in [0.717, 1.165) is 23.7 Å². The van der Waals surface area contributed by atoms with E-state index in [1.54, 1.807) is 24.3 Å². The Hall–Kier alpha value is -1.88. The van der Waals surface area contributed by atoms with E-state index in [1.807, 2.05) is 20.8 Å². The summed E-state index contributed by atoms with van der Waals surface area (Å²) in [6, 6.07) is 6.86. The van der Waals surface area contributed by atoms with Crippen LogP contribution < -0.4 is 14.5 Å². The van der Waals surface area contributed by atoms with Crippen LogP contribution in [0, 0.1) is 0 Å². The van der Waals surface area contributed by atoms with Crippen molar-refractivity contribution in [2.45, 2.75) is 33.2 Å². The van der Waals surface area contributed by atoms with Gasteiger partial charge in [-0.3, -0.25) is 9.59 Å². The molecule has 1 heterocycles. The lowest BCUT2D eigenvalue weighted by molar-refractivity contribution is -0.911. The van der Waals surface area contributed by atoms with Crippen LogP contribution in [0.5, 0.6) is 5.75 Å². The van der Waals surface area contributed by atoms with Gasteiger partial charge in [-0.2, -0.15) is 0 Å². The zero-order chi connectivity index (χ0) is 15.4. The average molecular weight is 291 g/mol. The zero-order valence-electron chi connectivity index (χ0n) is 12.9. The molecule has 0 aliphatic carbocycles. The number of carbonyl (C=O) groups is 2. The van der Waals surface area contributed by atoms with Crippen LogP contribution in [0.3, 0.4) is 0 Å². The molecule has 1 aromatic carbocycles. The van der Waals surface area contributed by atoms with Crippen LogP contribution in [-0.4, -0.2) is 37.6 Å². The number of hydrogen-bond donors (Lipinski definition) is 1. The van der Waals surface area contributed by atoms with E-state index in [4.69, 9.17) is 4.74 Å². The van der Waals surface area contributed by atoms with Crippen molar-refractivity contribution in [3.05, 3.63) is 24.3 Å². The zero-order valence-corrected chi connectivity index (χ0v) is 12.9. The van der Waals surface area contributed by atoms with E-state index in [-0.39, 0.29) is 17.9 Å². The van der Waals surface area contributed by atoms with Crippen LogP contribution in [0.25, 0.3) is 0 Å². The Kier molecular flexibility index (Phi) is 4.96. The van der Waals surface area contributed by atoms with Crippen LogP contribution >= 0.6 is 0 Å². The highest BCUT2D eigenvalue weighted by Gasteiger charge is 2.44. The average Bonchev–Trinajstić information content (AvgIpc) is 2.77. The van der Waals surface area contributed by atoms with Crippen LogP contribution in [0.2, 0.25) is 0 Å². The normalized spacial score (nSPS) is 18.7. The van der Waals surface area contributed by atoms with E-state index in [1.165, 1.54) is 4.90 Å². The number of nitrogens with one attached hydrogen (secondary N) is 1. The van der Waals surface area contributed by atoms with E-state index in [9.17, 15) is 9.59 Å². The lowest BCUT2D eigenvalue weighted by atomic mass is 10.2. The summed E-state index contributed by atoms with van der Waals surface area (Å²) >= 11 is 0. The highest BCUT2D eigenvalue weighted by Crippen LogP contribution is 2.24. The fourth-order valence-electron chi connectivity index (χ4n) is 2.82. The molecule has 0 spiro atoms. The molecule has 0 aromatic heterocycles. The van der Waals surface area contributed by atoms with E-state index >= 15 is 0 Å². The van der Waals surface area contributed by atoms with Crippen molar-refractivity contribution in [3.63, 3.8) is 0 Å². The Morgan fingerprint density at radius 2 is 1.76 bits per heavy atom. The topological polar surface area (TPSA) is 51.0 Å². The Labute approximate surface area is 125 Å². The van der Waals surface area contributed by atoms with Gasteiger partial charge in [0.15, 0.2) is 6.04 Å². The summed E-state index contributed by atoms with van der Waals surface area (Å²) in [5.74, 6) is 0.530. The van der Waals surface area contributed by atoms with Gasteiger partial charge in [-0.25, -0.2) is 4.90 Å². The minimum absolute atomic E-state index is 0.0946. The van der Waals surface area contributed by atoms with Crippen LogP contribution in [0.1, 0.15) is 27.2 Å². The molecule has 21 heavy (non-hydrogen) atoms. The number of hydrogen-bond acceptors (Lipinski definition) is 3. The van der Waals surface area contributed by atoms with Crippen molar-refractivity contribution in [1.82, 2.24) is 0 Å². The molecular formula is C16H23N2O3+. The molecule has 0 unspecified atom stereocenters. The number of nitrogens with zero attached hydrogens (tertiary/aromatic N) is 1. The number of rotatable bonds is 6. The van der Waals surface area contributed by atoms with E-state index in [0.29, 0.717) is 18.7 Å². The predicted octanol–water partition coefficient (Wildman–Crippen LogP) is 0.642. The summed E-state index contributed by atoms with van der Waals surface area (Å²) < 4.78 is 5.38. The number of quaternary nitrogens is 1. The quantitative estimate of drug-likeness (QED) is 0.783. The van der Waals surface area contributed by atoms with Gasteiger partial charge in [0.1, 0.15) is 5.75 Å². The molecule has 114 valence electrons. The highest BCUT2D eigenvalue weighted by molar-refractivity contribution is 6.21. The molecule has 0 saturated carbocycles. The number of imide groups is 1. The summed E-state index contributed by atoms with van der Waals surface area (Å²) in [4.78, 5) is 27.2. The van der Waals surface area contributed by atoms with Crippen molar-refractivity contribution in [2.24, 2.45) is 0 Å². The van der Waals surface area contributed by atoms with Crippen molar-refractivity contribution in [2.75, 3.05) is 24.6 Å². The van der Waals surface area contributed by atoms with Crippen molar-refractivity contribution >= 4 is 17.5 Å². The van der Waals surface area contributed by atoms with Gasteiger partial charge >= 0.3 is 0 Å². The van der Waals surface area contributed by atoms with Gasteiger partial charge in [0.2, 0.25) is 5.91 Å². The maximum atomic E-state index is 12.5. The lowest BCUT2D eigenvalue weighted by Gasteiger charge is -2.21. The molecule has 1 aliphatic heterocycles. The molecule has 1 saturated heterocycles. The van der Waals surface area contributed by atoms with Crippen LogP contribution in [0.15, 0.2) is 24.3 Å². The molecule has 5 heteroatoms. The van der Waals surface area contributed by atoms with Gasteiger partial charge in [-0.1, -0.05) is 0 Å². The van der Waals surface area contributed by atoms with Crippen LogP contribution in [-0.2, 0) is 9.59 Å². The number of benzene rings is 1. The Balaban J connectivity index is 2.19. The standard InChI is InChI=1S/C16H22N2O3/c1-4-17(5-2)14-11-15(19)18(16(14)20)12-7-9-13(10-8-12)21-6-3/h7-10,14H,4-6,11H2,1-3H3/p+1/t14-/m0/s1. The number of anilines is 1. The first kappa shape index (κ1) is 15.5. The largest absolute Gasteiger partial charge is 0.494 e. The fourth-order valence-corrected chi connectivity index (χ4v) is 2.82. The molecular weight excluding hydrogens is 268 g/mol. The van der Waals surface area contributed by atoms with Gasteiger partial charge in [-0.15, -0.1) is 0 Å². The Bertz CT molecular complexity index is 509. The number of carbonyl (C=O) groups excluding carboxylic acids is 2. The monoisotopic (exact) mass is 291 g/mol. The van der Waals surface area contributed by atoms with Crippen molar-refractivity contribution in [1.29, 1.82) is 0 Å². The van der Waals surface area contributed by atoms with Crippen molar-refractivity contribution < 1.29 is 19.2 Å². The molecule has 1 atom stereocenters. The third-order valence-electron chi connectivity index (χ3n) is 3.95. The molecule has 0 bridgehead atoms. The SMILES string of the molecule is CCOc1ccc(N2C(=O)C[C@H]([NH+](CC)CC)C2=O)cc1. The number of amides is 2. The second-order valence-corrected chi connectivity index (χ2v) is 5.12. The maximum Gasteiger partial charge on any atom is 0.292 e. The minimum atomic E-state index is -0.251. The summed E-state index contributed by atoms with van der Waals surface area (Å²) in [7, 11) is 0. The van der Waals surface area contributed by atoms with Gasteiger partial charge in [0.25, 0.3) is 5.91 Å². The Morgan fingerprint density at radius 3 is 2.29 bits per heavy atom. The molecule has 1 N–H and O–H groups in total. The third-order valence-corrected chi connectivity index (χ3v) is 3.95. The summed E-state index contributed by atoms with van der Waals surface area (Å²) in [6.45, 7) is 8.27. The first-order chi connectivity index (χ1) is 10.1. The number of ether oxygens (including phenoxy) is 1. The Morgan fingerprint density at radius 1 is 1.14 bits per heavy atom. The predicted molar refractivity (Wildman–Crippen MR) is 80.6 cm³/mol. The van der Waals surface area contributed by atoms with Gasteiger partial charge in [0, 0.05) is 0 Å². The number of likely N-dealkylation sites (N-methyl/N-ethyl adjacent to an activating group) is 1. The third kappa shape index (κ3) is 3.08. The molecule has 1 fully saturated rings. The second-order valence-electron chi connectivity index (χ2n) is 5.12. The second kappa shape index (κ2) is 6.72. The van der Waals surface area contributed by atoms with Crippen molar-refractivity contribution in [3.8, 4) is 5.75 Å². The van der Waals surface area contributed by atoms with E-state index < -0.39 is 0 Å². The molecule has 1 aromatic rings. The lowest BCUT2D eigenvalue weighted by Crippen LogP contribution is -3.16. The summed E-state index contributed by atoms with van der Waals surface area (Å²) in [5, 5.41) is 0. The maximum absolute atomic E-state index is 12.5. The molecule has 5 nitrogen and oxygen atoms in total.